The third-order valence-electron chi connectivity index (χ3n) is 2.97. The molecule has 0 saturated carbocycles. The highest BCUT2D eigenvalue weighted by Crippen LogP contribution is 2.31. The number of carbonyl (C=O) groups excluding carboxylic acids is 1. The topological polar surface area (TPSA) is 32.3 Å². The Bertz CT molecular complexity index is 414. The Balaban J connectivity index is 2.40. The van der Waals surface area contributed by atoms with Crippen LogP contribution in [0.2, 0.25) is 0 Å². The van der Waals surface area contributed by atoms with E-state index >= 15 is 0 Å². The maximum absolute atomic E-state index is 11.8. The molecule has 0 spiro atoms. The Kier molecular flexibility index (Phi) is 2.62. The van der Waals surface area contributed by atoms with Crippen LogP contribution in [0, 0.1) is 6.92 Å². The van der Waals surface area contributed by atoms with Crippen LogP contribution in [0.4, 0.5) is 5.69 Å². The lowest BCUT2D eigenvalue weighted by Gasteiger charge is -2.32. The summed E-state index contributed by atoms with van der Waals surface area (Å²) in [6.07, 6.45) is 0. The number of aryl methyl sites for hydroxylation is 1. The normalized spacial score (nSPS) is 23.4. The van der Waals surface area contributed by atoms with Crippen molar-refractivity contribution in [2.75, 3.05) is 4.90 Å². The van der Waals surface area contributed by atoms with E-state index in [0.29, 0.717) is 0 Å². The van der Waals surface area contributed by atoms with Gasteiger partial charge in [0.25, 0.3) is 0 Å². The summed E-state index contributed by atoms with van der Waals surface area (Å²) >= 11 is 4.39. The van der Waals surface area contributed by atoms with E-state index in [1.165, 1.54) is 5.56 Å². The van der Waals surface area contributed by atoms with Crippen LogP contribution in [0.3, 0.4) is 0 Å². The average Bonchev–Trinajstić information content (AvgIpc) is 2.39. The van der Waals surface area contributed by atoms with Gasteiger partial charge in [-0.15, -0.1) is 12.6 Å². The molecule has 0 radical (unpaired) electrons. The molecule has 1 aromatic carbocycles. The highest BCUT2D eigenvalue weighted by Gasteiger charge is 2.45. The zero-order chi connectivity index (χ0) is 11.9. The Labute approximate surface area is 101 Å². The number of hydrogen-bond acceptors (Lipinski definition) is 3. The summed E-state index contributed by atoms with van der Waals surface area (Å²) in [5, 5.41) is 2.82. The van der Waals surface area contributed by atoms with Crippen molar-refractivity contribution < 1.29 is 4.79 Å². The van der Waals surface area contributed by atoms with Crippen molar-refractivity contribution in [1.82, 2.24) is 5.32 Å². The quantitative estimate of drug-likeness (QED) is 0.730. The van der Waals surface area contributed by atoms with E-state index in [2.05, 4.69) is 17.9 Å². The van der Waals surface area contributed by atoms with Crippen LogP contribution in [-0.2, 0) is 4.79 Å². The van der Waals surface area contributed by atoms with Gasteiger partial charge in [0.1, 0.15) is 11.0 Å². The van der Waals surface area contributed by atoms with Crippen LogP contribution >= 0.6 is 12.6 Å². The van der Waals surface area contributed by atoms with E-state index in [1.54, 1.807) is 0 Å². The Hall–Kier alpha value is -1.16. The molecule has 1 aliphatic rings. The third-order valence-corrected chi connectivity index (χ3v) is 3.33. The highest BCUT2D eigenvalue weighted by molar-refractivity contribution is 7.81. The lowest BCUT2D eigenvalue weighted by Crippen LogP contribution is -2.44. The molecule has 1 fully saturated rings. The molecule has 3 nitrogen and oxygen atoms in total. The molecule has 0 aliphatic carbocycles. The van der Waals surface area contributed by atoms with Crippen molar-refractivity contribution in [3.8, 4) is 0 Å². The Morgan fingerprint density at radius 1 is 1.31 bits per heavy atom. The van der Waals surface area contributed by atoms with E-state index in [1.807, 2.05) is 49.9 Å². The first kappa shape index (κ1) is 11.3. The van der Waals surface area contributed by atoms with Crippen LogP contribution in [-0.4, -0.2) is 16.9 Å². The van der Waals surface area contributed by atoms with Crippen molar-refractivity contribution in [3.05, 3.63) is 29.8 Å². The molecule has 2 rings (SSSR count). The highest BCUT2D eigenvalue weighted by atomic mass is 32.1. The fourth-order valence-electron chi connectivity index (χ4n) is 1.94. The first-order valence-electron chi connectivity index (χ1n) is 5.28. The van der Waals surface area contributed by atoms with Crippen LogP contribution < -0.4 is 10.2 Å². The van der Waals surface area contributed by atoms with Crippen molar-refractivity contribution >= 4 is 24.2 Å². The second kappa shape index (κ2) is 3.70. The SMILES string of the molecule is Cc1ccc(N2C(S)NC(=O)C2(C)C)cc1. The molecule has 1 N–H and O–H groups in total. The summed E-state index contributed by atoms with van der Waals surface area (Å²) < 4.78 is 0. The molecule has 1 aromatic rings. The van der Waals surface area contributed by atoms with Crippen LogP contribution in [0.1, 0.15) is 19.4 Å². The number of benzene rings is 1. The number of carbonyl (C=O) groups is 1. The molecular formula is C12H16N2OS. The lowest BCUT2D eigenvalue weighted by molar-refractivity contribution is -0.122. The van der Waals surface area contributed by atoms with Crippen molar-refractivity contribution in [2.45, 2.75) is 31.8 Å². The number of hydrogen-bond donors (Lipinski definition) is 2. The average molecular weight is 236 g/mol. The maximum Gasteiger partial charge on any atom is 0.247 e. The van der Waals surface area contributed by atoms with Gasteiger partial charge in [-0.05, 0) is 32.9 Å². The number of thiol groups is 1. The molecule has 1 aliphatic heterocycles. The largest absolute Gasteiger partial charge is 0.329 e. The van der Waals surface area contributed by atoms with Crippen LogP contribution in [0.5, 0.6) is 0 Å². The number of nitrogens with zero attached hydrogens (tertiary/aromatic N) is 1. The van der Waals surface area contributed by atoms with E-state index in [4.69, 9.17) is 0 Å². The fourth-order valence-corrected chi connectivity index (χ4v) is 2.48. The summed E-state index contributed by atoms with van der Waals surface area (Å²) in [4.78, 5) is 13.7. The van der Waals surface area contributed by atoms with Gasteiger partial charge in [-0.3, -0.25) is 4.79 Å². The number of rotatable bonds is 1. The summed E-state index contributed by atoms with van der Waals surface area (Å²) in [6, 6.07) is 8.10. The van der Waals surface area contributed by atoms with Gasteiger partial charge in [0, 0.05) is 5.69 Å². The molecule has 86 valence electrons. The number of amides is 1. The summed E-state index contributed by atoms with van der Waals surface area (Å²) in [5.74, 6) is 0.00748. The smallest absolute Gasteiger partial charge is 0.247 e. The van der Waals surface area contributed by atoms with E-state index in [9.17, 15) is 4.79 Å². The zero-order valence-electron chi connectivity index (χ0n) is 9.69. The molecule has 1 heterocycles. The lowest BCUT2D eigenvalue weighted by atomic mass is 10.0. The van der Waals surface area contributed by atoms with E-state index in [0.717, 1.165) is 5.69 Å². The van der Waals surface area contributed by atoms with Gasteiger partial charge in [-0.1, -0.05) is 17.7 Å². The second-order valence-corrected chi connectivity index (χ2v) is 5.10. The minimum Gasteiger partial charge on any atom is -0.329 e. The first-order chi connectivity index (χ1) is 7.43. The van der Waals surface area contributed by atoms with Gasteiger partial charge < -0.3 is 10.2 Å². The van der Waals surface area contributed by atoms with Gasteiger partial charge >= 0.3 is 0 Å². The van der Waals surface area contributed by atoms with E-state index < -0.39 is 5.54 Å². The van der Waals surface area contributed by atoms with Gasteiger partial charge in [0.2, 0.25) is 5.91 Å². The summed E-state index contributed by atoms with van der Waals surface area (Å²) in [5.41, 5.74) is 1.40. The molecule has 4 heteroatoms. The van der Waals surface area contributed by atoms with E-state index in [-0.39, 0.29) is 11.4 Å². The van der Waals surface area contributed by atoms with Gasteiger partial charge in [0.05, 0.1) is 0 Å². The molecule has 1 atom stereocenters. The minimum absolute atomic E-state index is 0.00748. The zero-order valence-corrected chi connectivity index (χ0v) is 10.6. The predicted molar refractivity (Wildman–Crippen MR) is 68.7 cm³/mol. The second-order valence-electron chi connectivity index (χ2n) is 4.61. The molecule has 0 aromatic heterocycles. The van der Waals surface area contributed by atoms with Crippen LogP contribution in [0.25, 0.3) is 0 Å². The predicted octanol–water partition coefficient (Wildman–Crippen LogP) is 1.92. The third kappa shape index (κ3) is 1.67. The number of nitrogens with one attached hydrogen (secondary N) is 1. The summed E-state index contributed by atoms with van der Waals surface area (Å²) in [7, 11) is 0. The molecule has 16 heavy (non-hydrogen) atoms. The van der Waals surface area contributed by atoms with Crippen molar-refractivity contribution in [3.63, 3.8) is 0 Å². The number of anilines is 1. The molecule has 0 bridgehead atoms. The summed E-state index contributed by atoms with van der Waals surface area (Å²) in [6.45, 7) is 5.84. The van der Waals surface area contributed by atoms with Gasteiger partial charge in [-0.25, -0.2) is 0 Å². The molecular weight excluding hydrogens is 220 g/mol. The van der Waals surface area contributed by atoms with Gasteiger partial charge in [-0.2, -0.15) is 0 Å². The fraction of sp³-hybridized carbons (Fsp3) is 0.417. The van der Waals surface area contributed by atoms with Crippen molar-refractivity contribution in [1.29, 1.82) is 0 Å². The molecule has 1 unspecified atom stereocenters. The minimum atomic E-state index is -0.554. The first-order valence-corrected chi connectivity index (χ1v) is 5.79. The van der Waals surface area contributed by atoms with Gasteiger partial charge in [0.15, 0.2) is 0 Å². The standard InChI is InChI=1S/C12H16N2OS/c1-8-4-6-9(7-5-8)14-11(16)13-10(15)12(14,2)3/h4-7,11,16H,1-3H3,(H,13,15). The monoisotopic (exact) mass is 236 g/mol. The maximum atomic E-state index is 11.8. The molecule has 1 saturated heterocycles. The Morgan fingerprint density at radius 2 is 1.88 bits per heavy atom. The molecule has 1 amide bonds. The Morgan fingerprint density at radius 3 is 2.31 bits per heavy atom. The van der Waals surface area contributed by atoms with Crippen molar-refractivity contribution in [2.24, 2.45) is 0 Å². The van der Waals surface area contributed by atoms with Crippen LogP contribution in [0.15, 0.2) is 24.3 Å².